The molecule has 1 aromatic rings. The molecule has 0 unspecified atom stereocenters. The van der Waals surface area contributed by atoms with Crippen molar-refractivity contribution in [1.29, 1.82) is 0 Å². The Labute approximate surface area is 118 Å². The van der Waals surface area contributed by atoms with Gasteiger partial charge in [-0.1, -0.05) is 31.0 Å². The van der Waals surface area contributed by atoms with Crippen LogP contribution >= 0.6 is 0 Å². The van der Waals surface area contributed by atoms with E-state index in [2.05, 4.69) is 12.1 Å². The molecule has 5 heteroatoms. The minimum atomic E-state index is -0.974. The van der Waals surface area contributed by atoms with Gasteiger partial charge in [0.15, 0.2) is 0 Å². The van der Waals surface area contributed by atoms with Crippen LogP contribution in [0.4, 0.5) is 0 Å². The first-order chi connectivity index (χ1) is 9.70. The minimum absolute atomic E-state index is 0.184. The Hall–Kier alpha value is -1.91. The van der Waals surface area contributed by atoms with Gasteiger partial charge < -0.3 is 9.84 Å². The van der Waals surface area contributed by atoms with Crippen molar-refractivity contribution in [2.75, 3.05) is 13.2 Å². The maximum atomic E-state index is 11.2. The first-order valence-corrected chi connectivity index (χ1v) is 6.97. The molecule has 0 saturated heterocycles. The standard InChI is InChI=1S/C15H21NO4/c1-2-3-4-11-20-14-9-5-7-13(15(17)18)12(14)8-6-10-16-19/h5,7,9H,2-4,6,8,10-11H2,1H3,(H,17,18). The highest BCUT2D eigenvalue weighted by molar-refractivity contribution is 5.90. The molecule has 0 aliphatic heterocycles. The molecule has 0 heterocycles. The summed E-state index contributed by atoms with van der Waals surface area (Å²) in [6, 6.07) is 5.02. The van der Waals surface area contributed by atoms with Crippen LogP contribution in [0.15, 0.2) is 23.4 Å². The zero-order valence-corrected chi connectivity index (χ0v) is 11.8. The monoisotopic (exact) mass is 279 g/mol. The van der Waals surface area contributed by atoms with Crippen molar-refractivity contribution < 1.29 is 14.6 Å². The summed E-state index contributed by atoms with van der Waals surface area (Å²) in [6.07, 6.45) is 4.15. The molecule has 0 radical (unpaired) electrons. The summed E-state index contributed by atoms with van der Waals surface area (Å²) in [5.74, 6) is -0.370. The number of carboxylic acids is 1. The van der Waals surface area contributed by atoms with E-state index in [1.807, 2.05) is 0 Å². The second-order valence-electron chi connectivity index (χ2n) is 4.60. The lowest BCUT2D eigenvalue weighted by Crippen LogP contribution is -2.07. The van der Waals surface area contributed by atoms with Gasteiger partial charge in [0.05, 0.1) is 18.7 Å². The number of benzene rings is 1. The van der Waals surface area contributed by atoms with Crippen LogP contribution in [0.5, 0.6) is 5.75 Å². The normalized spacial score (nSPS) is 10.2. The molecule has 0 spiro atoms. The number of aromatic carboxylic acids is 1. The van der Waals surface area contributed by atoms with E-state index in [-0.39, 0.29) is 12.1 Å². The first-order valence-electron chi connectivity index (χ1n) is 6.97. The molecule has 0 aliphatic carbocycles. The number of hydrogen-bond donors (Lipinski definition) is 1. The lowest BCUT2D eigenvalue weighted by molar-refractivity contribution is 0.0695. The molecule has 110 valence electrons. The summed E-state index contributed by atoms with van der Waals surface area (Å²) in [4.78, 5) is 21.4. The molecule has 0 fully saturated rings. The van der Waals surface area contributed by atoms with Gasteiger partial charge in [-0.15, -0.1) is 0 Å². The van der Waals surface area contributed by atoms with Crippen LogP contribution in [0.1, 0.15) is 48.5 Å². The third-order valence-corrected chi connectivity index (χ3v) is 3.05. The Kier molecular flexibility index (Phi) is 7.32. The molecule has 0 aromatic heterocycles. The first kappa shape index (κ1) is 16.1. The summed E-state index contributed by atoms with van der Waals surface area (Å²) < 4.78 is 5.69. The molecule has 0 saturated carbocycles. The second-order valence-corrected chi connectivity index (χ2v) is 4.60. The average Bonchev–Trinajstić information content (AvgIpc) is 2.44. The van der Waals surface area contributed by atoms with Crippen LogP contribution in [0.2, 0.25) is 0 Å². The van der Waals surface area contributed by atoms with Crippen molar-refractivity contribution in [3.05, 3.63) is 34.2 Å². The fraction of sp³-hybridized carbons (Fsp3) is 0.533. The van der Waals surface area contributed by atoms with Gasteiger partial charge >= 0.3 is 5.97 Å². The summed E-state index contributed by atoms with van der Waals surface area (Å²) in [5.41, 5.74) is 0.893. The molecule has 20 heavy (non-hydrogen) atoms. The molecule has 0 amide bonds. The van der Waals surface area contributed by atoms with Crippen molar-refractivity contribution in [2.45, 2.75) is 39.0 Å². The van der Waals surface area contributed by atoms with Crippen LogP contribution < -0.4 is 4.74 Å². The van der Waals surface area contributed by atoms with E-state index >= 15 is 0 Å². The Morgan fingerprint density at radius 2 is 2.10 bits per heavy atom. The van der Waals surface area contributed by atoms with Crippen molar-refractivity contribution in [3.8, 4) is 5.75 Å². The van der Waals surface area contributed by atoms with E-state index in [1.165, 1.54) is 0 Å². The Bertz CT molecular complexity index is 445. The molecule has 0 aliphatic rings. The van der Waals surface area contributed by atoms with Gasteiger partial charge in [0, 0.05) is 5.56 Å². The maximum Gasteiger partial charge on any atom is 0.336 e. The number of ether oxygens (including phenoxy) is 1. The number of nitrogens with zero attached hydrogens (tertiary/aromatic N) is 1. The smallest absolute Gasteiger partial charge is 0.336 e. The summed E-state index contributed by atoms with van der Waals surface area (Å²) in [7, 11) is 0. The molecule has 1 aromatic carbocycles. The van der Waals surface area contributed by atoms with Gasteiger partial charge in [-0.2, -0.15) is 4.91 Å². The van der Waals surface area contributed by atoms with Crippen molar-refractivity contribution >= 4 is 5.97 Å². The van der Waals surface area contributed by atoms with E-state index in [9.17, 15) is 14.8 Å². The summed E-state index contributed by atoms with van der Waals surface area (Å²) in [6.45, 7) is 2.88. The third-order valence-electron chi connectivity index (χ3n) is 3.05. The number of carboxylic acid groups (broad SMARTS) is 1. The van der Waals surface area contributed by atoms with Gasteiger partial charge in [-0.25, -0.2) is 4.79 Å². The molecule has 0 atom stereocenters. The highest BCUT2D eigenvalue weighted by Crippen LogP contribution is 2.24. The van der Waals surface area contributed by atoms with Gasteiger partial charge in [-0.05, 0) is 31.4 Å². The van der Waals surface area contributed by atoms with Gasteiger partial charge in [0.1, 0.15) is 5.75 Å². The number of hydrogen-bond acceptors (Lipinski definition) is 4. The summed E-state index contributed by atoms with van der Waals surface area (Å²) in [5, 5.41) is 12.0. The fourth-order valence-corrected chi connectivity index (χ4v) is 2.01. The Morgan fingerprint density at radius 3 is 2.75 bits per heavy atom. The number of nitroso groups, excluding NO2 is 1. The van der Waals surface area contributed by atoms with Crippen LogP contribution in [-0.4, -0.2) is 24.2 Å². The van der Waals surface area contributed by atoms with E-state index < -0.39 is 5.97 Å². The van der Waals surface area contributed by atoms with Crippen molar-refractivity contribution in [2.24, 2.45) is 5.18 Å². The zero-order valence-electron chi connectivity index (χ0n) is 11.8. The van der Waals surface area contributed by atoms with Gasteiger partial charge in [-0.3, -0.25) is 0 Å². The minimum Gasteiger partial charge on any atom is -0.493 e. The SMILES string of the molecule is CCCCCOc1cccc(C(=O)O)c1CCCN=O. The highest BCUT2D eigenvalue weighted by atomic mass is 16.5. The number of unbranched alkanes of at least 4 members (excludes halogenated alkanes) is 2. The number of carbonyl (C=O) groups is 1. The van der Waals surface area contributed by atoms with E-state index in [4.69, 9.17) is 4.74 Å². The lowest BCUT2D eigenvalue weighted by Gasteiger charge is -2.13. The molecule has 1 N–H and O–H groups in total. The van der Waals surface area contributed by atoms with Gasteiger partial charge in [0.2, 0.25) is 0 Å². The van der Waals surface area contributed by atoms with Crippen molar-refractivity contribution in [1.82, 2.24) is 0 Å². The Morgan fingerprint density at radius 1 is 1.30 bits per heavy atom. The third kappa shape index (κ3) is 4.99. The van der Waals surface area contributed by atoms with E-state index in [0.717, 1.165) is 19.3 Å². The summed E-state index contributed by atoms with van der Waals surface area (Å²) >= 11 is 0. The second kappa shape index (κ2) is 9.07. The quantitative estimate of drug-likeness (QED) is 0.524. The zero-order chi connectivity index (χ0) is 14.8. The van der Waals surface area contributed by atoms with Crippen LogP contribution in [0.3, 0.4) is 0 Å². The van der Waals surface area contributed by atoms with Crippen molar-refractivity contribution in [3.63, 3.8) is 0 Å². The lowest BCUT2D eigenvalue weighted by atomic mass is 10.0. The Balaban J connectivity index is 2.81. The number of rotatable bonds is 10. The van der Waals surface area contributed by atoms with Crippen LogP contribution in [0, 0.1) is 4.91 Å². The predicted molar refractivity (Wildman–Crippen MR) is 77.4 cm³/mol. The largest absolute Gasteiger partial charge is 0.493 e. The molecule has 1 rings (SSSR count). The molecule has 5 nitrogen and oxygen atoms in total. The fourth-order valence-electron chi connectivity index (χ4n) is 2.01. The van der Waals surface area contributed by atoms with E-state index in [0.29, 0.717) is 30.8 Å². The topological polar surface area (TPSA) is 76.0 Å². The average molecular weight is 279 g/mol. The maximum absolute atomic E-state index is 11.2. The predicted octanol–water partition coefficient (Wildman–Crippen LogP) is 3.65. The van der Waals surface area contributed by atoms with Crippen LogP contribution in [-0.2, 0) is 6.42 Å². The molecular formula is C15H21NO4. The van der Waals surface area contributed by atoms with E-state index in [1.54, 1.807) is 18.2 Å². The highest BCUT2D eigenvalue weighted by Gasteiger charge is 2.14. The van der Waals surface area contributed by atoms with Crippen LogP contribution in [0.25, 0.3) is 0 Å². The molecular weight excluding hydrogens is 258 g/mol. The molecule has 0 bridgehead atoms. The van der Waals surface area contributed by atoms with Gasteiger partial charge in [0.25, 0.3) is 0 Å².